The van der Waals surface area contributed by atoms with Crippen LogP contribution in [0.5, 0.6) is 0 Å². The van der Waals surface area contributed by atoms with Gasteiger partial charge >= 0.3 is 0 Å². The van der Waals surface area contributed by atoms with Gasteiger partial charge in [-0.25, -0.2) is 0 Å². The van der Waals surface area contributed by atoms with Crippen molar-refractivity contribution in [1.82, 2.24) is 4.98 Å². The van der Waals surface area contributed by atoms with Crippen molar-refractivity contribution in [2.75, 3.05) is 0 Å². The highest BCUT2D eigenvalue weighted by Gasteiger charge is 2.32. The van der Waals surface area contributed by atoms with Gasteiger partial charge in [-0.05, 0) is 18.6 Å². The van der Waals surface area contributed by atoms with Crippen LogP contribution < -0.4 is 0 Å². The summed E-state index contributed by atoms with van der Waals surface area (Å²) in [6.07, 6.45) is 0.888. The van der Waals surface area contributed by atoms with Gasteiger partial charge in [-0.2, -0.15) is 14.0 Å². The molecule has 14 heavy (non-hydrogen) atoms. The number of hydrogen-bond donors (Lipinski definition) is 0. The first kappa shape index (κ1) is 10.6. The summed E-state index contributed by atoms with van der Waals surface area (Å²) in [6.45, 7) is 2.94. The van der Waals surface area contributed by atoms with E-state index in [0.717, 1.165) is 0 Å². The Morgan fingerprint density at radius 3 is 2.64 bits per heavy atom. The van der Waals surface area contributed by atoms with Crippen molar-refractivity contribution in [2.45, 2.75) is 26.2 Å². The fourth-order valence-electron chi connectivity index (χ4n) is 1.19. The van der Waals surface area contributed by atoms with E-state index in [2.05, 4.69) is 4.98 Å². The molecule has 1 rings (SSSR count). The molecule has 0 saturated carbocycles. The van der Waals surface area contributed by atoms with E-state index in [1.54, 1.807) is 0 Å². The highest BCUT2D eigenvalue weighted by molar-refractivity contribution is 5.33. The molecule has 74 valence electrons. The molecule has 2 nitrogen and oxygen atoms in total. The lowest BCUT2D eigenvalue weighted by atomic mass is 10.1. The van der Waals surface area contributed by atoms with Crippen LogP contribution >= 0.6 is 0 Å². The van der Waals surface area contributed by atoms with Crippen molar-refractivity contribution < 1.29 is 8.78 Å². The summed E-state index contributed by atoms with van der Waals surface area (Å²) in [4.78, 5) is 3.62. The van der Waals surface area contributed by atoms with E-state index >= 15 is 0 Å². The molecule has 0 aliphatic carbocycles. The van der Waals surface area contributed by atoms with Crippen LogP contribution in [0.4, 0.5) is 8.78 Å². The fourth-order valence-corrected chi connectivity index (χ4v) is 1.19. The number of rotatable bonds is 2. The Balaban J connectivity index is 3.20. The SMILES string of the molecule is CCC(F)(F)c1ncc(C#N)cc1C. The van der Waals surface area contributed by atoms with Crippen LogP contribution in [-0.2, 0) is 5.92 Å². The third-order valence-corrected chi connectivity index (χ3v) is 2.00. The summed E-state index contributed by atoms with van der Waals surface area (Å²) in [5.41, 5.74) is 0.424. The molecule has 0 amide bonds. The summed E-state index contributed by atoms with van der Waals surface area (Å²) >= 11 is 0. The van der Waals surface area contributed by atoms with E-state index in [1.165, 1.54) is 26.1 Å². The predicted octanol–water partition coefficient (Wildman–Crippen LogP) is 2.76. The van der Waals surface area contributed by atoms with E-state index in [9.17, 15) is 8.78 Å². The lowest BCUT2D eigenvalue weighted by Crippen LogP contribution is -2.15. The Morgan fingerprint density at radius 1 is 1.57 bits per heavy atom. The third-order valence-electron chi connectivity index (χ3n) is 2.00. The van der Waals surface area contributed by atoms with E-state index in [4.69, 9.17) is 5.26 Å². The first-order valence-corrected chi connectivity index (χ1v) is 4.26. The van der Waals surface area contributed by atoms with Crippen LogP contribution in [0.3, 0.4) is 0 Å². The average Bonchev–Trinajstić information content (AvgIpc) is 2.17. The second-order valence-corrected chi connectivity index (χ2v) is 3.06. The molecular formula is C10H10F2N2. The number of alkyl halides is 2. The highest BCUT2D eigenvalue weighted by Crippen LogP contribution is 2.31. The van der Waals surface area contributed by atoms with Crippen molar-refractivity contribution in [3.8, 4) is 6.07 Å². The quantitative estimate of drug-likeness (QED) is 0.729. The molecule has 0 bridgehead atoms. The summed E-state index contributed by atoms with van der Waals surface area (Å²) in [5, 5.41) is 8.54. The lowest BCUT2D eigenvalue weighted by molar-refractivity contribution is -0.0134. The summed E-state index contributed by atoms with van der Waals surface area (Å²) in [6, 6.07) is 3.28. The molecule has 1 aromatic rings. The zero-order chi connectivity index (χ0) is 10.8. The molecule has 0 fully saturated rings. The second kappa shape index (κ2) is 3.70. The van der Waals surface area contributed by atoms with Gasteiger partial charge in [0.1, 0.15) is 11.8 Å². The minimum Gasteiger partial charge on any atom is -0.253 e. The molecule has 0 radical (unpaired) electrons. The fraction of sp³-hybridized carbons (Fsp3) is 0.400. The molecule has 0 N–H and O–H groups in total. The van der Waals surface area contributed by atoms with Crippen LogP contribution in [0.25, 0.3) is 0 Å². The minimum atomic E-state index is -2.90. The molecule has 4 heteroatoms. The summed E-state index contributed by atoms with van der Waals surface area (Å²) in [5.74, 6) is -2.90. The van der Waals surface area contributed by atoms with E-state index < -0.39 is 5.92 Å². The van der Waals surface area contributed by atoms with Gasteiger partial charge in [0.15, 0.2) is 0 Å². The Kier molecular flexibility index (Phi) is 2.80. The van der Waals surface area contributed by atoms with Crippen molar-refractivity contribution in [2.24, 2.45) is 0 Å². The highest BCUT2D eigenvalue weighted by atomic mass is 19.3. The largest absolute Gasteiger partial charge is 0.289 e. The monoisotopic (exact) mass is 196 g/mol. The average molecular weight is 196 g/mol. The normalized spacial score (nSPS) is 11.1. The first-order valence-electron chi connectivity index (χ1n) is 4.26. The van der Waals surface area contributed by atoms with Crippen LogP contribution in [0.1, 0.15) is 30.2 Å². The topological polar surface area (TPSA) is 36.7 Å². The summed E-state index contributed by atoms with van der Waals surface area (Å²) in [7, 11) is 0. The standard InChI is InChI=1S/C10H10F2N2/c1-3-10(11,12)9-7(2)4-8(5-13)6-14-9/h4,6H,3H2,1-2H3. The van der Waals surface area contributed by atoms with Gasteiger partial charge in [-0.3, -0.25) is 4.98 Å². The zero-order valence-corrected chi connectivity index (χ0v) is 8.01. The van der Waals surface area contributed by atoms with Crippen LogP contribution in [0.2, 0.25) is 0 Å². The second-order valence-electron chi connectivity index (χ2n) is 3.06. The number of nitrogens with zero attached hydrogens (tertiary/aromatic N) is 2. The van der Waals surface area contributed by atoms with Crippen LogP contribution in [-0.4, -0.2) is 4.98 Å². The third kappa shape index (κ3) is 1.87. The number of nitriles is 1. The zero-order valence-electron chi connectivity index (χ0n) is 8.01. The number of aromatic nitrogens is 1. The maximum atomic E-state index is 13.2. The Morgan fingerprint density at radius 2 is 2.21 bits per heavy atom. The Bertz CT molecular complexity index is 380. The smallest absolute Gasteiger partial charge is 0.253 e. The Hall–Kier alpha value is -1.50. The lowest BCUT2D eigenvalue weighted by Gasteiger charge is -2.15. The van der Waals surface area contributed by atoms with Gasteiger partial charge in [-0.15, -0.1) is 0 Å². The van der Waals surface area contributed by atoms with Crippen molar-refractivity contribution in [1.29, 1.82) is 5.26 Å². The number of pyridine rings is 1. The van der Waals surface area contributed by atoms with Crippen molar-refractivity contribution >= 4 is 0 Å². The molecule has 0 saturated heterocycles. The molecule has 0 aromatic carbocycles. The molecule has 1 aromatic heterocycles. The van der Waals surface area contributed by atoms with Gasteiger partial charge in [0, 0.05) is 12.6 Å². The maximum Gasteiger partial charge on any atom is 0.289 e. The predicted molar refractivity (Wildman–Crippen MR) is 47.9 cm³/mol. The molecule has 1 heterocycles. The van der Waals surface area contributed by atoms with Crippen molar-refractivity contribution in [3.63, 3.8) is 0 Å². The maximum absolute atomic E-state index is 13.2. The van der Waals surface area contributed by atoms with Gasteiger partial charge in [0.25, 0.3) is 5.92 Å². The molecular weight excluding hydrogens is 186 g/mol. The van der Waals surface area contributed by atoms with Crippen molar-refractivity contribution in [3.05, 3.63) is 29.1 Å². The molecule has 0 atom stereocenters. The van der Waals surface area contributed by atoms with Gasteiger partial charge in [-0.1, -0.05) is 6.92 Å². The van der Waals surface area contributed by atoms with Gasteiger partial charge < -0.3 is 0 Å². The first-order chi connectivity index (χ1) is 6.51. The number of halogens is 2. The molecule has 0 aliphatic heterocycles. The molecule has 0 unspecified atom stereocenters. The van der Waals surface area contributed by atoms with E-state index in [1.807, 2.05) is 6.07 Å². The van der Waals surface area contributed by atoms with Crippen LogP contribution in [0, 0.1) is 18.3 Å². The molecule has 0 aliphatic rings. The van der Waals surface area contributed by atoms with Crippen LogP contribution in [0.15, 0.2) is 12.3 Å². The van der Waals surface area contributed by atoms with Gasteiger partial charge in [0.2, 0.25) is 0 Å². The van der Waals surface area contributed by atoms with E-state index in [0.29, 0.717) is 11.1 Å². The van der Waals surface area contributed by atoms with Gasteiger partial charge in [0.05, 0.1) is 5.56 Å². The van der Waals surface area contributed by atoms with E-state index in [-0.39, 0.29) is 12.1 Å². The number of hydrogen-bond acceptors (Lipinski definition) is 2. The number of aryl methyl sites for hydroxylation is 1. The Labute approximate surface area is 81.2 Å². The minimum absolute atomic E-state index is 0.237. The summed E-state index contributed by atoms with van der Waals surface area (Å²) < 4.78 is 26.5. The molecule has 0 spiro atoms.